The first-order valence-electron chi connectivity index (χ1n) is 7.88. The van der Waals surface area contributed by atoms with Gasteiger partial charge in [-0.1, -0.05) is 0 Å². The summed E-state index contributed by atoms with van der Waals surface area (Å²) in [6.45, 7) is 5.03. The van der Waals surface area contributed by atoms with Gasteiger partial charge >= 0.3 is 0 Å². The number of rotatable bonds is 4. The zero-order valence-corrected chi connectivity index (χ0v) is 14.3. The van der Waals surface area contributed by atoms with Crippen molar-refractivity contribution in [2.75, 3.05) is 6.54 Å². The van der Waals surface area contributed by atoms with Gasteiger partial charge in [0.1, 0.15) is 0 Å². The number of carbonyl (C=O) groups is 1. The van der Waals surface area contributed by atoms with Crippen LogP contribution in [0.2, 0.25) is 0 Å². The Balaban J connectivity index is 1.73. The smallest absolute Gasteiger partial charge is 0.223 e. The standard InChI is InChI=1S/C17H23N3OS/c1-12-17(13(2)19(3)18-12)15-5-4-9-20(15)16(21)7-6-14-8-10-22-11-14/h8,10-11,15H,4-7,9H2,1-3H3. The summed E-state index contributed by atoms with van der Waals surface area (Å²) >= 11 is 1.69. The molecule has 0 saturated carbocycles. The third-order valence-corrected chi connectivity index (χ3v) is 5.41. The first-order valence-corrected chi connectivity index (χ1v) is 8.83. The van der Waals surface area contributed by atoms with Crippen LogP contribution in [0.25, 0.3) is 0 Å². The lowest BCUT2D eigenvalue weighted by Gasteiger charge is -2.25. The maximum atomic E-state index is 12.7. The van der Waals surface area contributed by atoms with Gasteiger partial charge in [-0.15, -0.1) is 0 Å². The van der Waals surface area contributed by atoms with Gasteiger partial charge < -0.3 is 4.90 Å². The summed E-state index contributed by atoms with van der Waals surface area (Å²) in [5.41, 5.74) is 4.76. The van der Waals surface area contributed by atoms with E-state index in [1.165, 1.54) is 16.8 Å². The Morgan fingerprint density at radius 3 is 2.91 bits per heavy atom. The summed E-state index contributed by atoms with van der Waals surface area (Å²) in [6, 6.07) is 2.32. The minimum Gasteiger partial charge on any atom is -0.336 e. The van der Waals surface area contributed by atoms with Crippen LogP contribution in [0.4, 0.5) is 0 Å². The highest BCUT2D eigenvalue weighted by Gasteiger charge is 2.33. The quantitative estimate of drug-likeness (QED) is 0.867. The maximum Gasteiger partial charge on any atom is 0.223 e. The summed E-state index contributed by atoms with van der Waals surface area (Å²) in [5, 5.41) is 8.72. The third kappa shape index (κ3) is 2.82. The van der Waals surface area contributed by atoms with Crippen molar-refractivity contribution in [1.82, 2.24) is 14.7 Å². The van der Waals surface area contributed by atoms with Crippen LogP contribution in [0.1, 0.15) is 47.8 Å². The molecule has 118 valence electrons. The largest absolute Gasteiger partial charge is 0.336 e. The molecule has 1 aliphatic heterocycles. The Morgan fingerprint density at radius 2 is 2.27 bits per heavy atom. The average molecular weight is 317 g/mol. The van der Waals surface area contributed by atoms with Gasteiger partial charge in [0.25, 0.3) is 0 Å². The molecule has 0 radical (unpaired) electrons. The molecule has 4 nitrogen and oxygen atoms in total. The SMILES string of the molecule is Cc1nn(C)c(C)c1C1CCCN1C(=O)CCc1ccsc1. The molecule has 0 spiro atoms. The molecule has 1 aliphatic rings. The van der Waals surface area contributed by atoms with Gasteiger partial charge in [-0.05, 0) is 55.5 Å². The molecule has 3 rings (SSSR count). The van der Waals surface area contributed by atoms with E-state index in [-0.39, 0.29) is 11.9 Å². The van der Waals surface area contributed by atoms with Crippen molar-refractivity contribution in [3.8, 4) is 0 Å². The molecule has 0 N–H and O–H groups in total. The van der Waals surface area contributed by atoms with Gasteiger partial charge in [0.05, 0.1) is 11.7 Å². The van der Waals surface area contributed by atoms with Crippen LogP contribution < -0.4 is 0 Å². The lowest BCUT2D eigenvalue weighted by molar-refractivity contribution is -0.132. The van der Waals surface area contributed by atoms with Gasteiger partial charge in [0.2, 0.25) is 5.91 Å². The lowest BCUT2D eigenvalue weighted by atomic mass is 10.0. The van der Waals surface area contributed by atoms with Crippen molar-refractivity contribution in [2.45, 2.75) is 45.6 Å². The fourth-order valence-corrected chi connectivity index (χ4v) is 4.17. The molecule has 0 bridgehead atoms. The highest BCUT2D eigenvalue weighted by Crippen LogP contribution is 2.35. The van der Waals surface area contributed by atoms with E-state index < -0.39 is 0 Å². The number of thiophene rings is 1. The van der Waals surface area contributed by atoms with Crippen LogP contribution in [-0.2, 0) is 18.3 Å². The van der Waals surface area contributed by atoms with Crippen LogP contribution in [0.15, 0.2) is 16.8 Å². The summed E-state index contributed by atoms with van der Waals surface area (Å²) in [7, 11) is 1.98. The number of likely N-dealkylation sites (tertiary alicyclic amines) is 1. The fraction of sp³-hybridized carbons (Fsp3) is 0.529. The van der Waals surface area contributed by atoms with Gasteiger partial charge in [-0.25, -0.2) is 0 Å². The van der Waals surface area contributed by atoms with E-state index in [0.29, 0.717) is 6.42 Å². The van der Waals surface area contributed by atoms with Gasteiger partial charge in [-0.3, -0.25) is 9.48 Å². The maximum absolute atomic E-state index is 12.7. The normalized spacial score (nSPS) is 18.1. The monoisotopic (exact) mass is 317 g/mol. The first-order chi connectivity index (χ1) is 10.6. The molecule has 1 atom stereocenters. The molecular weight excluding hydrogens is 294 g/mol. The predicted molar refractivity (Wildman–Crippen MR) is 89.0 cm³/mol. The summed E-state index contributed by atoms with van der Waals surface area (Å²) in [6.07, 6.45) is 3.59. The molecule has 1 fully saturated rings. The van der Waals surface area contributed by atoms with Crippen LogP contribution in [0, 0.1) is 13.8 Å². The highest BCUT2D eigenvalue weighted by molar-refractivity contribution is 7.07. The fourth-order valence-electron chi connectivity index (χ4n) is 3.47. The number of hydrogen-bond donors (Lipinski definition) is 0. The molecule has 2 aromatic heterocycles. The number of aryl methyl sites for hydroxylation is 3. The first kappa shape index (κ1) is 15.3. The molecule has 0 aromatic carbocycles. The minimum atomic E-state index is 0.212. The van der Waals surface area contributed by atoms with E-state index in [0.717, 1.165) is 31.5 Å². The van der Waals surface area contributed by atoms with Gasteiger partial charge in [-0.2, -0.15) is 16.4 Å². The number of aromatic nitrogens is 2. The van der Waals surface area contributed by atoms with Crippen LogP contribution >= 0.6 is 11.3 Å². The van der Waals surface area contributed by atoms with E-state index in [9.17, 15) is 4.79 Å². The Bertz CT molecular complexity index is 660. The Labute approximate surface area is 135 Å². The van der Waals surface area contributed by atoms with E-state index in [2.05, 4.69) is 40.7 Å². The van der Waals surface area contributed by atoms with Crippen LogP contribution in [0.3, 0.4) is 0 Å². The van der Waals surface area contributed by atoms with Crippen LogP contribution in [-0.4, -0.2) is 27.1 Å². The summed E-state index contributed by atoms with van der Waals surface area (Å²) < 4.78 is 1.93. The predicted octanol–water partition coefficient (Wildman–Crippen LogP) is 3.39. The highest BCUT2D eigenvalue weighted by atomic mass is 32.1. The molecule has 0 aliphatic carbocycles. The lowest BCUT2D eigenvalue weighted by Crippen LogP contribution is -2.31. The zero-order chi connectivity index (χ0) is 15.7. The Hall–Kier alpha value is -1.62. The number of carbonyl (C=O) groups excluding carboxylic acids is 1. The van der Waals surface area contributed by atoms with Crippen molar-refractivity contribution in [2.24, 2.45) is 7.05 Å². The summed E-state index contributed by atoms with van der Waals surface area (Å²) in [5.74, 6) is 0.274. The van der Waals surface area contributed by atoms with Crippen molar-refractivity contribution in [3.05, 3.63) is 39.3 Å². The molecular formula is C17H23N3OS. The molecule has 1 amide bonds. The van der Waals surface area contributed by atoms with E-state index in [1.54, 1.807) is 11.3 Å². The third-order valence-electron chi connectivity index (χ3n) is 4.68. The summed E-state index contributed by atoms with van der Waals surface area (Å²) in [4.78, 5) is 14.7. The molecule has 1 unspecified atom stereocenters. The second kappa shape index (κ2) is 6.24. The second-order valence-electron chi connectivity index (χ2n) is 6.08. The number of hydrogen-bond acceptors (Lipinski definition) is 3. The second-order valence-corrected chi connectivity index (χ2v) is 6.86. The number of amides is 1. The molecule has 1 saturated heterocycles. The van der Waals surface area contributed by atoms with Crippen molar-refractivity contribution >= 4 is 17.2 Å². The molecule has 2 aromatic rings. The Morgan fingerprint density at radius 1 is 1.45 bits per heavy atom. The van der Waals surface area contributed by atoms with Crippen molar-refractivity contribution < 1.29 is 4.79 Å². The van der Waals surface area contributed by atoms with Gasteiger partial charge in [0, 0.05) is 31.3 Å². The Kier molecular flexibility index (Phi) is 4.34. The molecule has 3 heterocycles. The molecule has 5 heteroatoms. The van der Waals surface area contributed by atoms with E-state index in [1.807, 2.05) is 11.7 Å². The molecule has 22 heavy (non-hydrogen) atoms. The topological polar surface area (TPSA) is 38.1 Å². The van der Waals surface area contributed by atoms with Gasteiger partial charge in [0.15, 0.2) is 0 Å². The van der Waals surface area contributed by atoms with Crippen LogP contribution in [0.5, 0.6) is 0 Å². The minimum absolute atomic E-state index is 0.212. The van der Waals surface area contributed by atoms with E-state index in [4.69, 9.17) is 0 Å². The zero-order valence-electron chi connectivity index (χ0n) is 13.5. The van der Waals surface area contributed by atoms with Crippen molar-refractivity contribution in [1.29, 1.82) is 0 Å². The average Bonchev–Trinajstić information content (AvgIpc) is 3.19. The number of nitrogens with zero attached hydrogens (tertiary/aromatic N) is 3. The van der Waals surface area contributed by atoms with E-state index >= 15 is 0 Å². The van der Waals surface area contributed by atoms with Crippen molar-refractivity contribution in [3.63, 3.8) is 0 Å².